The molecule has 2 atom stereocenters. The van der Waals surface area contributed by atoms with E-state index in [1.807, 2.05) is 0 Å². The van der Waals surface area contributed by atoms with Crippen molar-refractivity contribution in [2.45, 2.75) is 78.1 Å². The smallest absolute Gasteiger partial charge is 0.133 e. The molecule has 2 unspecified atom stereocenters. The molecule has 0 aliphatic heterocycles. The van der Waals surface area contributed by atoms with E-state index in [0.29, 0.717) is 17.6 Å². The highest BCUT2D eigenvalue weighted by Crippen LogP contribution is 2.21. The first-order valence-electron chi connectivity index (χ1n) is 7.20. The van der Waals surface area contributed by atoms with Crippen LogP contribution in [0.1, 0.15) is 78.1 Å². The lowest BCUT2D eigenvalue weighted by molar-refractivity contribution is -0.120. The summed E-state index contributed by atoms with van der Waals surface area (Å²) in [6, 6.07) is 0. The maximum absolute atomic E-state index is 11.8. The molecule has 0 aromatic rings. The minimum Gasteiger partial charge on any atom is -0.300 e. The summed E-state index contributed by atoms with van der Waals surface area (Å²) in [7, 11) is 0. The molecule has 0 amide bonds. The van der Waals surface area contributed by atoms with E-state index in [9.17, 15) is 4.79 Å². The average Bonchev–Trinajstić information content (AvgIpc) is 2.21. The molecule has 1 fully saturated rings. The second-order valence-electron chi connectivity index (χ2n) is 5.86. The molecule has 0 radical (unpaired) electrons. The van der Waals surface area contributed by atoms with Crippen LogP contribution < -0.4 is 0 Å². The second-order valence-corrected chi connectivity index (χ2v) is 5.86. The van der Waals surface area contributed by atoms with Gasteiger partial charge in [-0.05, 0) is 11.8 Å². The zero-order chi connectivity index (χ0) is 11.8. The Balaban J connectivity index is 2.36. The van der Waals surface area contributed by atoms with Crippen LogP contribution in [-0.4, -0.2) is 5.78 Å². The van der Waals surface area contributed by atoms with E-state index in [2.05, 4.69) is 13.8 Å². The topological polar surface area (TPSA) is 17.1 Å². The Kier molecular flexibility index (Phi) is 6.75. The van der Waals surface area contributed by atoms with Crippen LogP contribution >= 0.6 is 0 Å². The van der Waals surface area contributed by atoms with Gasteiger partial charge in [0.15, 0.2) is 0 Å². The van der Waals surface area contributed by atoms with Gasteiger partial charge in [-0.2, -0.15) is 0 Å². The molecule has 0 aromatic heterocycles. The number of carbonyl (C=O) groups is 1. The van der Waals surface area contributed by atoms with Gasteiger partial charge >= 0.3 is 0 Å². The third-order valence-corrected chi connectivity index (χ3v) is 3.80. The van der Waals surface area contributed by atoms with Crippen LogP contribution in [0.2, 0.25) is 0 Å². The van der Waals surface area contributed by atoms with Crippen LogP contribution in [0.5, 0.6) is 0 Å². The van der Waals surface area contributed by atoms with Crippen molar-refractivity contribution >= 4 is 5.78 Å². The van der Waals surface area contributed by atoms with Crippen LogP contribution in [0, 0.1) is 11.8 Å². The van der Waals surface area contributed by atoms with Crippen molar-refractivity contribution in [2.24, 2.45) is 11.8 Å². The van der Waals surface area contributed by atoms with Gasteiger partial charge in [-0.25, -0.2) is 0 Å². The van der Waals surface area contributed by atoms with Crippen LogP contribution in [0.25, 0.3) is 0 Å². The predicted molar refractivity (Wildman–Crippen MR) is 69.5 cm³/mol. The van der Waals surface area contributed by atoms with Gasteiger partial charge in [-0.3, -0.25) is 4.79 Å². The van der Waals surface area contributed by atoms with E-state index in [0.717, 1.165) is 12.8 Å². The first kappa shape index (κ1) is 13.7. The number of hydrogen-bond acceptors (Lipinski definition) is 1. The fraction of sp³-hybridized carbons (Fsp3) is 0.933. The van der Waals surface area contributed by atoms with Crippen molar-refractivity contribution in [3.05, 3.63) is 0 Å². The van der Waals surface area contributed by atoms with Crippen molar-refractivity contribution in [1.82, 2.24) is 0 Å². The first-order valence-corrected chi connectivity index (χ1v) is 7.20. The highest BCUT2D eigenvalue weighted by atomic mass is 16.1. The van der Waals surface area contributed by atoms with Crippen molar-refractivity contribution in [3.63, 3.8) is 0 Å². The minimum absolute atomic E-state index is 0.499. The SMILES string of the molecule is CC1CCCCCCCCC(C)CC(=O)C1. The largest absolute Gasteiger partial charge is 0.300 e. The Morgan fingerprint density at radius 3 is 1.56 bits per heavy atom. The maximum Gasteiger partial charge on any atom is 0.133 e. The fourth-order valence-corrected chi connectivity index (χ4v) is 2.76. The highest BCUT2D eigenvalue weighted by molar-refractivity contribution is 5.78. The van der Waals surface area contributed by atoms with E-state index in [4.69, 9.17) is 0 Å². The van der Waals surface area contributed by atoms with E-state index in [1.165, 1.54) is 51.4 Å². The molecule has 0 N–H and O–H groups in total. The Bertz CT molecular complexity index is 178. The predicted octanol–water partition coefficient (Wildman–Crippen LogP) is 4.74. The third-order valence-electron chi connectivity index (χ3n) is 3.80. The molecule has 0 bridgehead atoms. The summed E-state index contributed by atoms with van der Waals surface area (Å²) in [5.74, 6) is 1.72. The summed E-state index contributed by atoms with van der Waals surface area (Å²) in [5, 5.41) is 0. The lowest BCUT2D eigenvalue weighted by Crippen LogP contribution is -2.09. The lowest BCUT2D eigenvalue weighted by atomic mass is 9.92. The molecule has 1 rings (SSSR count). The van der Waals surface area contributed by atoms with Gasteiger partial charge < -0.3 is 0 Å². The second kappa shape index (κ2) is 7.86. The molecule has 94 valence electrons. The summed E-state index contributed by atoms with van der Waals surface area (Å²) in [4.78, 5) is 11.8. The Morgan fingerprint density at radius 2 is 1.12 bits per heavy atom. The monoisotopic (exact) mass is 224 g/mol. The summed E-state index contributed by atoms with van der Waals surface area (Å²) >= 11 is 0. The van der Waals surface area contributed by atoms with Gasteiger partial charge in [0.2, 0.25) is 0 Å². The molecule has 0 saturated heterocycles. The normalized spacial score (nSPS) is 31.2. The molecule has 1 heteroatoms. The number of rotatable bonds is 0. The molecular weight excluding hydrogens is 196 g/mol. The number of ketones is 1. The first-order chi connectivity index (χ1) is 7.68. The summed E-state index contributed by atoms with van der Waals surface area (Å²) in [6.07, 6.45) is 12.3. The average molecular weight is 224 g/mol. The lowest BCUT2D eigenvalue weighted by Gasteiger charge is -2.12. The van der Waals surface area contributed by atoms with Gasteiger partial charge in [0.05, 0.1) is 0 Å². The van der Waals surface area contributed by atoms with Crippen molar-refractivity contribution in [2.75, 3.05) is 0 Å². The molecule has 0 spiro atoms. The van der Waals surface area contributed by atoms with E-state index in [1.54, 1.807) is 0 Å². The molecule has 0 heterocycles. The molecule has 1 nitrogen and oxygen atoms in total. The highest BCUT2D eigenvalue weighted by Gasteiger charge is 2.13. The van der Waals surface area contributed by atoms with Gasteiger partial charge in [0.1, 0.15) is 5.78 Å². The van der Waals surface area contributed by atoms with Crippen LogP contribution in [-0.2, 0) is 4.79 Å². The molecule has 1 aliphatic carbocycles. The van der Waals surface area contributed by atoms with Crippen LogP contribution in [0.4, 0.5) is 0 Å². The van der Waals surface area contributed by atoms with Crippen LogP contribution in [0.15, 0.2) is 0 Å². The van der Waals surface area contributed by atoms with Crippen molar-refractivity contribution < 1.29 is 4.79 Å². The maximum atomic E-state index is 11.8. The zero-order valence-corrected chi connectivity index (χ0v) is 11.1. The van der Waals surface area contributed by atoms with Gasteiger partial charge in [-0.15, -0.1) is 0 Å². The quantitative estimate of drug-likeness (QED) is 0.580. The number of carbonyl (C=O) groups excluding carboxylic acids is 1. The number of Topliss-reactive ketones (excluding diaryl/α,β-unsaturated/α-hetero) is 1. The summed E-state index contributed by atoms with van der Waals surface area (Å²) in [6.45, 7) is 4.48. The van der Waals surface area contributed by atoms with Gasteiger partial charge in [0.25, 0.3) is 0 Å². The van der Waals surface area contributed by atoms with Gasteiger partial charge in [0, 0.05) is 12.8 Å². The minimum atomic E-state index is 0.499. The molecule has 1 aliphatic rings. The van der Waals surface area contributed by atoms with E-state index >= 15 is 0 Å². The standard InChI is InChI=1S/C15H28O/c1-13-9-7-5-3-4-6-8-10-14(2)12-15(16)11-13/h13-14H,3-12H2,1-2H3. The Hall–Kier alpha value is -0.330. The number of hydrogen-bond donors (Lipinski definition) is 0. The zero-order valence-electron chi connectivity index (χ0n) is 11.1. The molecule has 1 saturated carbocycles. The third kappa shape index (κ3) is 6.30. The van der Waals surface area contributed by atoms with Gasteiger partial charge in [-0.1, -0.05) is 65.2 Å². The van der Waals surface area contributed by atoms with E-state index in [-0.39, 0.29) is 0 Å². The fourth-order valence-electron chi connectivity index (χ4n) is 2.76. The van der Waals surface area contributed by atoms with Crippen molar-refractivity contribution in [1.29, 1.82) is 0 Å². The van der Waals surface area contributed by atoms with Crippen LogP contribution in [0.3, 0.4) is 0 Å². The van der Waals surface area contributed by atoms with Crippen molar-refractivity contribution in [3.8, 4) is 0 Å². The molecule has 16 heavy (non-hydrogen) atoms. The Morgan fingerprint density at radius 1 is 0.750 bits per heavy atom. The Labute approximate surface area is 101 Å². The molecular formula is C15H28O. The molecule has 0 aromatic carbocycles. The summed E-state index contributed by atoms with van der Waals surface area (Å²) < 4.78 is 0. The van der Waals surface area contributed by atoms with E-state index < -0.39 is 0 Å². The summed E-state index contributed by atoms with van der Waals surface area (Å²) in [5.41, 5.74) is 0.